The molecule has 0 radical (unpaired) electrons. The first-order chi connectivity index (χ1) is 8.57. The van der Waals surface area contributed by atoms with Gasteiger partial charge in [-0.1, -0.05) is 33.4 Å². The summed E-state index contributed by atoms with van der Waals surface area (Å²) in [5.41, 5.74) is 1.14. The van der Waals surface area contributed by atoms with Crippen LogP contribution in [0.3, 0.4) is 0 Å². The molecule has 0 amide bonds. The molecule has 0 atom stereocenters. The second-order valence-electron chi connectivity index (χ2n) is 5.51. The second-order valence-corrected chi connectivity index (χ2v) is 7.04. The lowest BCUT2D eigenvalue weighted by molar-refractivity contribution is 0.350. The number of hydrogen-bond donors (Lipinski definition) is 1. The lowest BCUT2D eigenvalue weighted by Crippen LogP contribution is -2.18. The maximum absolute atomic E-state index is 11.6. The van der Waals surface area contributed by atoms with Crippen molar-refractivity contribution in [1.82, 2.24) is 0 Å². The molecule has 1 rings (SSSR count). The maximum Gasteiger partial charge on any atom is 0.238 e. The van der Waals surface area contributed by atoms with Crippen LogP contribution in [0.2, 0.25) is 0 Å². The minimum atomic E-state index is -3.73. The molecule has 0 aromatic heterocycles. The van der Waals surface area contributed by atoms with Gasteiger partial charge >= 0.3 is 0 Å². The van der Waals surface area contributed by atoms with Gasteiger partial charge in [-0.2, -0.15) is 0 Å². The standard InChI is InChI=1S/C14H21NO3S/c1-6-7-18-12-8-10(2)13(19(15,16)17)9-11(12)14(3,4)5/h6,8-9H,1,7H2,2-5H3,(H2,15,16,17). The highest BCUT2D eigenvalue weighted by atomic mass is 32.2. The first kappa shape index (κ1) is 15.7. The molecule has 0 aliphatic carbocycles. The molecule has 2 N–H and O–H groups in total. The van der Waals surface area contributed by atoms with Gasteiger partial charge in [0, 0.05) is 5.56 Å². The van der Waals surface area contributed by atoms with Gasteiger partial charge in [-0.3, -0.25) is 0 Å². The minimum absolute atomic E-state index is 0.142. The van der Waals surface area contributed by atoms with Gasteiger partial charge in [0.05, 0.1) is 4.90 Å². The summed E-state index contributed by atoms with van der Waals surface area (Å²) in [6.07, 6.45) is 1.65. The van der Waals surface area contributed by atoms with Crippen LogP contribution >= 0.6 is 0 Å². The highest BCUT2D eigenvalue weighted by Gasteiger charge is 2.23. The number of primary sulfonamides is 1. The van der Waals surface area contributed by atoms with E-state index in [9.17, 15) is 8.42 Å². The molecule has 0 unspecified atom stereocenters. The Bertz CT molecular complexity index is 583. The Balaban J connectivity index is 3.50. The fraction of sp³-hybridized carbons (Fsp3) is 0.429. The summed E-state index contributed by atoms with van der Waals surface area (Å²) >= 11 is 0. The van der Waals surface area contributed by atoms with Gasteiger partial charge < -0.3 is 4.74 Å². The highest BCUT2D eigenvalue weighted by Crippen LogP contribution is 2.34. The van der Waals surface area contributed by atoms with Crippen molar-refractivity contribution in [2.45, 2.75) is 38.0 Å². The van der Waals surface area contributed by atoms with Crippen LogP contribution in [0.25, 0.3) is 0 Å². The molecule has 5 heteroatoms. The largest absolute Gasteiger partial charge is 0.489 e. The topological polar surface area (TPSA) is 69.4 Å². The summed E-state index contributed by atoms with van der Waals surface area (Å²) in [4.78, 5) is 0.142. The normalized spacial score (nSPS) is 12.3. The number of nitrogens with two attached hydrogens (primary N) is 1. The highest BCUT2D eigenvalue weighted by molar-refractivity contribution is 7.89. The zero-order chi connectivity index (χ0) is 14.8. The third-order valence-corrected chi connectivity index (χ3v) is 3.80. The molecule has 1 aromatic carbocycles. The van der Waals surface area contributed by atoms with E-state index in [1.165, 1.54) is 0 Å². The van der Waals surface area contributed by atoms with Crippen molar-refractivity contribution >= 4 is 10.0 Å². The van der Waals surface area contributed by atoms with Crippen molar-refractivity contribution in [2.75, 3.05) is 6.61 Å². The molecule has 106 valence electrons. The first-order valence-corrected chi connectivity index (χ1v) is 7.53. The van der Waals surface area contributed by atoms with Crippen LogP contribution in [0.5, 0.6) is 5.75 Å². The van der Waals surface area contributed by atoms with Crippen molar-refractivity contribution in [2.24, 2.45) is 5.14 Å². The van der Waals surface area contributed by atoms with Crippen molar-refractivity contribution in [3.63, 3.8) is 0 Å². The predicted molar refractivity (Wildman–Crippen MR) is 76.9 cm³/mol. The Morgan fingerprint density at radius 3 is 2.37 bits per heavy atom. The van der Waals surface area contributed by atoms with Gasteiger partial charge in [-0.15, -0.1) is 0 Å². The average Bonchev–Trinajstić information content (AvgIpc) is 2.22. The van der Waals surface area contributed by atoms with E-state index in [1.54, 1.807) is 25.1 Å². The van der Waals surface area contributed by atoms with Crippen LogP contribution in [-0.2, 0) is 15.4 Å². The zero-order valence-corrected chi connectivity index (χ0v) is 12.7. The van der Waals surface area contributed by atoms with Crippen LogP contribution in [0.4, 0.5) is 0 Å². The van der Waals surface area contributed by atoms with Gasteiger partial charge in [0.15, 0.2) is 0 Å². The maximum atomic E-state index is 11.6. The van der Waals surface area contributed by atoms with E-state index >= 15 is 0 Å². The fourth-order valence-corrected chi connectivity index (χ4v) is 2.61. The fourth-order valence-electron chi connectivity index (χ4n) is 1.82. The molecule has 0 heterocycles. The molecule has 0 aliphatic rings. The van der Waals surface area contributed by atoms with Crippen LogP contribution in [0.15, 0.2) is 29.7 Å². The third-order valence-electron chi connectivity index (χ3n) is 2.75. The molecule has 0 saturated heterocycles. The van der Waals surface area contributed by atoms with Gasteiger partial charge in [-0.25, -0.2) is 13.6 Å². The summed E-state index contributed by atoms with van der Waals surface area (Å²) < 4.78 is 28.8. The zero-order valence-electron chi connectivity index (χ0n) is 11.9. The van der Waals surface area contributed by atoms with E-state index in [4.69, 9.17) is 9.88 Å². The molecule has 0 fully saturated rings. The number of aryl methyl sites for hydroxylation is 1. The SMILES string of the molecule is C=CCOc1cc(C)c(S(N)(=O)=O)cc1C(C)(C)C. The Kier molecular flexibility index (Phi) is 4.43. The number of rotatable bonds is 4. The predicted octanol–water partition coefficient (Wildman–Crippen LogP) is 2.50. The molecular formula is C14H21NO3S. The Morgan fingerprint density at radius 2 is 1.95 bits per heavy atom. The van der Waals surface area contributed by atoms with E-state index in [-0.39, 0.29) is 10.3 Å². The first-order valence-electron chi connectivity index (χ1n) is 5.99. The Hall–Kier alpha value is -1.33. The van der Waals surface area contributed by atoms with Crippen molar-refractivity contribution in [3.8, 4) is 5.75 Å². The quantitative estimate of drug-likeness (QED) is 0.863. The lowest BCUT2D eigenvalue weighted by Gasteiger charge is -2.24. The van der Waals surface area contributed by atoms with Crippen molar-refractivity contribution in [3.05, 3.63) is 35.9 Å². The molecule has 1 aromatic rings. The minimum Gasteiger partial charge on any atom is -0.489 e. The molecule has 19 heavy (non-hydrogen) atoms. The molecule has 0 saturated carbocycles. The Morgan fingerprint density at radius 1 is 1.37 bits per heavy atom. The van der Waals surface area contributed by atoms with Gasteiger partial charge in [0.1, 0.15) is 12.4 Å². The third kappa shape index (κ3) is 3.81. The van der Waals surface area contributed by atoms with Crippen molar-refractivity contribution in [1.29, 1.82) is 0 Å². The van der Waals surface area contributed by atoms with Gasteiger partial charge in [0.2, 0.25) is 10.0 Å². The number of sulfonamides is 1. The molecule has 0 aliphatic heterocycles. The number of hydrogen-bond acceptors (Lipinski definition) is 3. The average molecular weight is 283 g/mol. The smallest absolute Gasteiger partial charge is 0.238 e. The van der Waals surface area contributed by atoms with E-state index < -0.39 is 10.0 Å². The molecule has 0 bridgehead atoms. The van der Waals surface area contributed by atoms with E-state index in [1.807, 2.05) is 20.8 Å². The summed E-state index contributed by atoms with van der Waals surface area (Å²) in [6, 6.07) is 3.31. The van der Waals surface area contributed by atoms with E-state index in [2.05, 4.69) is 6.58 Å². The molecule has 0 spiro atoms. The number of benzene rings is 1. The van der Waals surface area contributed by atoms with Crippen LogP contribution in [0, 0.1) is 6.92 Å². The van der Waals surface area contributed by atoms with Crippen LogP contribution in [-0.4, -0.2) is 15.0 Å². The lowest BCUT2D eigenvalue weighted by atomic mass is 9.86. The van der Waals surface area contributed by atoms with Crippen LogP contribution in [0.1, 0.15) is 31.9 Å². The summed E-state index contributed by atoms with van der Waals surface area (Å²) in [6.45, 7) is 11.7. The van der Waals surface area contributed by atoms with Gasteiger partial charge in [0.25, 0.3) is 0 Å². The number of ether oxygens (including phenoxy) is 1. The second kappa shape index (κ2) is 5.35. The Labute approximate surface area is 115 Å². The van der Waals surface area contributed by atoms with Crippen LogP contribution < -0.4 is 9.88 Å². The van der Waals surface area contributed by atoms with E-state index in [0.717, 1.165) is 5.56 Å². The molecular weight excluding hydrogens is 262 g/mol. The summed E-state index contributed by atoms with van der Waals surface area (Å²) in [7, 11) is -3.73. The monoisotopic (exact) mass is 283 g/mol. The van der Waals surface area contributed by atoms with Crippen molar-refractivity contribution < 1.29 is 13.2 Å². The summed E-state index contributed by atoms with van der Waals surface area (Å²) in [5, 5.41) is 5.24. The summed E-state index contributed by atoms with van der Waals surface area (Å²) in [5.74, 6) is 0.664. The van der Waals surface area contributed by atoms with E-state index in [0.29, 0.717) is 17.9 Å². The molecule has 4 nitrogen and oxygen atoms in total. The van der Waals surface area contributed by atoms with Gasteiger partial charge in [-0.05, 0) is 30.0 Å².